The monoisotopic (exact) mass is 402 g/mol. The fourth-order valence-corrected chi connectivity index (χ4v) is 3.82. The van der Waals surface area contributed by atoms with Gasteiger partial charge in [-0.05, 0) is 40.2 Å². The summed E-state index contributed by atoms with van der Waals surface area (Å²) in [5.74, 6) is 0.497. The lowest BCUT2D eigenvalue weighted by Crippen LogP contribution is -2.41. The Morgan fingerprint density at radius 1 is 1.14 bits per heavy atom. The Bertz CT molecular complexity index is 1130. The molecule has 148 valence electrons. The SMILES string of the molecule is Cc1nc(C(C)(C)NC(=O)c2sc(-c3c(C)c(C)nn(C)c3=O)nc2C)no1. The van der Waals surface area contributed by atoms with Gasteiger partial charge in [-0.25, -0.2) is 9.67 Å². The number of hydrogen-bond acceptors (Lipinski definition) is 8. The van der Waals surface area contributed by atoms with E-state index in [-0.39, 0.29) is 11.5 Å². The van der Waals surface area contributed by atoms with Gasteiger partial charge in [0.05, 0.1) is 22.5 Å². The fraction of sp³-hybridized carbons (Fsp3) is 0.444. The fourth-order valence-electron chi connectivity index (χ4n) is 2.76. The third-order valence-electron chi connectivity index (χ3n) is 4.45. The first kappa shape index (κ1) is 19.9. The number of aryl methyl sites for hydroxylation is 4. The first-order chi connectivity index (χ1) is 13.0. The minimum Gasteiger partial charge on any atom is -0.340 e. The molecule has 0 atom stereocenters. The van der Waals surface area contributed by atoms with E-state index in [1.165, 1.54) is 16.0 Å². The average molecular weight is 402 g/mol. The van der Waals surface area contributed by atoms with Crippen LogP contribution in [0.2, 0.25) is 0 Å². The maximum absolute atomic E-state index is 12.9. The van der Waals surface area contributed by atoms with E-state index in [0.717, 1.165) is 11.3 Å². The lowest BCUT2D eigenvalue weighted by molar-refractivity contribution is 0.0911. The third-order valence-corrected chi connectivity index (χ3v) is 5.63. The molecule has 0 saturated heterocycles. The largest absolute Gasteiger partial charge is 0.340 e. The second kappa shape index (κ2) is 6.93. The Labute approximate surface area is 165 Å². The number of nitrogens with zero attached hydrogens (tertiary/aromatic N) is 5. The van der Waals surface area contributed by atoms with Crippen molar-refractivity contribution in [3.05, 3.63) is 43.9 Å². The van der Waals surface area contributed by atoms with Gasteiger partial charge < -0.3 is 9.84 Å². The molecule has 3 heterocycles. The molecule has 10 heteroatoms. The number of carbonyl (C=O) groups is 1. The number of nitrogens with one attached hydrogen (secondary N) is 1. The molecule has 0 aliphatic heterocycles. The number of aromatic nitrogens is 5. The first-order valence-corrected chi connectivity index (χ1v) is 9.48. The highest BCUT2D eigenvalue weighted by Crippen LogP contribution is 2.29. The van der Waals surface area contributed by atoms with Gasteiger partial charge in [-0.15, -0.1) is 11.3 Å². The Morgan fingerprint density at radius 2 is 1.82 bits per heavy atom. The molecule has 28 heavy (non-hydrogen) atoms. The van der Waals surface area contributed by atoms with Crippen molar-refractivity contribution < 1.29 is 9.32 Å². The molecule has 3 rings (SSSR count). The highest BCUT2D eigenvalue weighted by Gasteiger charge is 2.30. The lowest BCUT2D eigenvalue weighted by Gasteiger charge is -2.21. The average Bonchev–Trinajstić information content (AvgIpc) is 3.19. The van der Waals surface area contributed by atoms with Crippen molar-refractivity contribution in [3.63, 3.8) is 0 Å². The van der Waals surface area contributed by atoms with E-state index in [0.29, 0.717) is 32.9 Å². The zero-order chi connectivity index (χ0) is 20.8. The van der Waals surface area contributed by atoms with Crippen LogP contribution in [-0.4, -0.2) is 30.8 Å². The summed E-state index contributed by atoms with van der Waals surface area (Å²) in [6.45, 7) is 10.7. The Hall–Kier alpha value is -2.88. The number of carbonyl (C=O) groups excluding carboxylic acids is 1. The summed E-state index contributed by atoms with van der Waals surface area (Å²) >= 11 is 1.18. The molecule has 0 bridgehead atoms. The van der Waals surface area contributed by atoms with E-state index in [2.05, 4.69) is 25.5 Å². The number of thiazole rings is 1. The molecule has 1 N–H and O–H groups in total. The smallest absolute Gasteiger partial charge is 0.277 e. The first-order valence-electron chi connectivity index (χ1n) is 8.67. The Balaban J connectivity index is 1.97. The number of hydrogen-bond donors (Lipinski definition) is 1. The van der Waals surface area contributed by atoms with Crippen molar-refractivity contribution in [2.24, 2.45) is 7.05 Å². The van der Waals surface area contributed by atoms with E-state index in [4.69, 9.17) is 4.52 Å². The van der Waals surface area contributed by atoms with Gasteiger partial charge in [-0.1, -0.05) is 5.16 Å². The van der Waals surface area contributed by atoms with Crippen LogP contribution in [-0.2, 0) is 12.6 Å². The maximum atomic E-state index is 12.9. The summed E-state index contributed by atoms with van der Waals surface area (Å²) in [6, 6.07) is 0. The zero-order valence-corrected chi connectivity index (χ0v) is 17.7. The quantitative estimate of drug-likeness (QED) is 0.711. The summed E-state index contributed by atoms with van der Waals surface area (Å²) in [4.78, 5) is 34.6. The summed E-state index contributed by atoms with van der Waals surface area (Å²) in [6.07, 6.45) is 0. The van der Waals surface area contributed by atoms with Crippen molar-refractivity contribution in [3.8, 4) is 10.6 Å². The van der Waals surface area contributed by atoms with Crippen molar-refractivity contribution in [2.75, 3.05) is 0 Å². The van der Waals surface area contributed by atoms with Crippen LogP contribution in [0.5, 0.6) is 0 Å². The van der Waals surface area contributed by atoms with Crippen LogP contribution in [0.4, 0.5) is 0 Å². The van der Waals surface area contributed by atoms with Gasteiger partial charge >= 0.3 is 0 Å². The van der Waals surface area contributed by atoms with Gasteiger partial charge in [-0.3, -0.25) is 9.59 Å². The zero-order valence-electron chi connectivity index (χ0n) is 16.9. The molecule has 0 aromatic carbocycles. The molecule has 0 aliphatic rings. The molecule has 0 spiro atoms. The summed E-state index contributed by atoms with van der Waals surface area (Å²) < 4.78 is 6.29. The minimum atomic E-state index is -0.829. The third kappa shape index (κ3) is 3.47. The van der Waals surface area contributed by atoms with Gasteiger partial charge in [-0.2, -0.15) is 10.1 Å². The van der Waals surface area contributed by atoms with E-state index in [1.807, 2.05) is 13.8 Å². The predicted molar refractivity (Wildman–Crippen MR) is 104 cm³/mol. The van der Waals surface area contributed by atoms with Crippen LogP contribution in [0, 0.1) is 27.7 Å². The molecular weight excluding hydrogens is 380 g/mol. The standard InChI is InChI=1S/C18H22N6O3S/c1-8-9(2)22-24(7)16(26)12(8)15-19-10(3)13(28-15)14(25)21-18(5,6)17-20-11(4)27-23-17/h1-7H3,(H,21,25). The number of amides is 1. The topological polar surface area (TPSA) is 116 Å². The van der Waals surface area contributed by atoms with E-state index in [1.54, 1.807) is 34.7 Å². The normalized spacial score (nSPS) is 11.7. The van der Waals surface area contributed by atoms with Gasteiger partial charge in [0.1, 0.15) is 9.88 Å². The van der Waals surface area contributed by atoms with Gasteiger partial charge in [0.2, 0.25) is 5.89 Å². The molecule has 1 amide bonds. The molecule has 0 radical (unpaired) electrons. The van der Waals surface area contributed by atoms with Crippen LogP contribution in [0.25, 0.3) is 10.6 Å². The predicted octanol–water partition coefficient (Wildman–Crippen LogP) is 2.19. The van der Waals surface area contributed by atoms with E-state index in [9.17, 15) is 9.59 Å². The van der Waals surface area contributed by atoms with Crippen LogP contribution in [0.3, 0.4) is 0 Å². The van der Waals surface area contributed by atoms with Crippen LogP contribution in [0.1, 0.15) is 52.2 Å². The lowest BCUT2D eigenvalue weighted by atomic mass is 10.0. The van der Waals surface area contributed by atoms with Gasteiger partial charge in [0.15, 0.2) is 5.82 Å². The second-order valence-corrected chi connectivity index (χ2v) is 8.16. The van der Waals surface area contributed by atoms with E-state index < -0.39 is 5.54 Å². The van der Waals surface area contributed by atoms with Crippen LogP contribution in [0.15, 0.2) is 9.32 Å². The van der Waals surface area contributed by atoms with Crippen molar-refractivity contribution in [2.45, 2.75) is 47.1 Å². The minimum absolute atomic E-state index is 0.244. The molecule has 0 aliphatic carbocycles. The van der Waals surface area contributed by atoms with Crippen LogP contribution >= 0.6 is 11.3 Å². The highest BCUT2D eigenvalue weighted by atomic mass is 32.1. The van der Waals surface area contributed by atoms with Gasteiger partial charge in [0.25, 0.3) is 11.5 Å². The molecule has 0 saturated carbocycles. The van der Waals surface area contributed by atoms with Crippen LogP contribution < -0.4 is 10.9 Å². The summed E-state index contributed by atoms with van der Waals surface area (Å²) in [5, 5.41) is 11.5. The van der Waals surface area contributed by atoms with Crippen molar-refractivity contribution in [1.29, 1.82) is 0 Å². The Morgan fingerprint density at radius 3 is 2.43 bits per heavy atom. The van der Waals surface area contributed by atoms with Crippen molar-refractivity contribution in [1.82, 2.24) is 30.2 Å². The summed E-state index contributed by atoms with van der Waals surface area (Å²) in [5.41, 5.74) is 1.44. The molecular formula is C18H22N6O3S. The van der Waals surface area contributed by atoms with Crippen molar-refractivity contribution >= 4 is 17.2 Å². The van der Waals surface area contributed by atoms with Gasteiger partial charge in [0, 0.05) is 14.0 Å². The number of rotatable bonds is 4. The maximum Gasteiger partial charge on any atom is 0.277 e. The molecule has 3 aromatic heterocycles. The highest BCUT2D eigenvalue weighted by molar-refractivity contribution is 7.17. The Kier molecular flexibility index (Phi) is 4.92. The molecule has 3 aromatic rings. The second-order valence-electron chi connectivity index (χ2n) is 7.16. The molecule has 9 nitrogen and oxygen atoms in total. The summed E-state index contributed by atoms with van der Waals surface area (Å²) in [7, 11) is 1.60. The molecule has 0 fully saturated rings. The molecule has 0 unspecified atom stereocenters. The van der Waals surface area contributed by atoms with E-state index >= 15 is 0 Å².